The molecule has 2 aromatic rings. The summed E-state index contributed by atoms with van der Waals surface area (Å²) in [5.41, 5.74) is 3.61. The number of halogens is 1. The van der Waals surface area contributed by atoms with Crippen molar-refractivity contribution in [1.29, 1.82) is 0 Å². The molecule has 0 radical (unpaired) electrons. The van der Waals surface area contributed by atoms with Gasteiger partial charge in [0.05, 0.1) is 24.9 Å². The molecule has 20 heavy (non-hydrogen) atoms. The van der Waals surface area contributed by atoms with Crippen molar-refractivity contribution < 1.29 is 9.47 Å². The number of rotatable bonds is 5. The third kappa shape index (κ3) is 3.67. The van der Waals surface area contributed by atoms with Crippen molar-refractivity contribution in [3.05, 3.63) is 40.6 Å². The number of nitrogens with one attached hydrogen (secondary N) is 1. The number of anilines is 1. The van der Waals surface area contributed by atoms with Crippen LogP contribution in [0.4, 0.5) is 5.95 Å². The Morgan fingerprint density at radius 2 is 1.85 bits per heavy atom. The minimum absolute atomic E-state index is 0.421. The Hall–Kier alpha value is -2.15. The first kappa shape index (κ1) is 14.3. The quantitative estimate of drug-likeness (QED) is 0.671. The molecule has 0 amide bonds. The number of nitrogens with zero attached hydrogens (tertiary/aromatic N) is 3. The van der Waals surface area contributed by atoms with Crippen LogP contribution >= 0.6 is 15.9 Å². The fraction of sp³-hybridized carbons (Fsp3) is 0.154. The van der Waals surface area contributed by atoms with Gasteiger partial charge in [0.15, 0.2) is 11.5 Å². The van der Waals surface area contributed by atoms with Crippen LogP contribution in [-0.2, 0) is 0 Å². The maximum atomic E-state index is 5.22. The number of methoxy groups -OCH3 is 2. The predicted octanol–water partition coefficient (Wildman–Crippen LogP) is 2.70. The molecule has 0 aliphatic rings. The van der Waals surface area contributed by atoms with E-state index in [1.807, 2.05) is 18.2 Å². The highest BCUT2D eigenvalue weighted by molar-refractivity contribution is 9.10. The van der Waals surface area contributed by atoms with Crippen LogP contribution in [0, 0.1) is 0 Å². The molecule has 0 spiro atoms. The minimum Gasteiger partial charge on any atom is -0.493 e. The molecule has 7 heteroatoms. The summed E-state index contributed by atoms with van der Waals surface area (Å²) in [6, 6.07) is 5.51. The Morgan fingerprint density at radius 3 is 2.50 bits per heavy atom. The molecule has 0 saturated carbocycles. The lowest BCUT2D eigenvalue weighted by atomic mass is 10.2. The second-order valence-electron chi connectivity index (χ2n) is 3.71. The Bertz CT molecular complexity index is 602. The first-order chi connectivity index (χ1) is 9.72. The summed E-state index contributed by atoms with van der Waals surface area (Å²) in [6.07, 6.45) is 4.93. The fourth-order valence-electron chi connectivity index (χ4n) is 1.47. The largest absolute Gasteiger partial charge is 0.493 e. The predicted molar refractivity (Wildman–Crippen MR) is 80.5 cm³/mol. The number of hydrogen-bond donors (Lipinski definition) is 1. The van der Waals surface area contributed by atoms with Gasteiger partial charge in [-0.3, -0.25) is 0 Å². The van der Waals surface area contributed by atoms with Crippen molar-refractivity contribution in [2.75, 3.05) is 19.6 Å². The summed E-state index contributed by atoms with van der Waals surface area (Å²) in [4.78, 5) is 8.09. The van der Waals surface area contributed by atoms with Gasteiger partial charge in [-0.05, 0) is 39.7 Å². The van der Waals surface area contributed by atoms with Gasteiger partial charge < -0.3 is 9.47 Å². The highest BCUT2D eigenvalue weighted by atomic mass is 79.9. The van der Waals surface area contributed by atoms with Crippen molar-refractivity contribution in [2.45, 2.75) is 0 Å². The van der Waals surface area contributed by atoms with Gasteiger partial charge in [0.1, 0.15) is 0 Å². The molecule has 104 valence electrons. The average Bonchev–Trinajstić information content (AvgIpc) is 2.49. The zero-order valence-corrected chi connectivity index (χ0v) is 12.6. The number of hydrogen-bond acceptors (Lipinski definition) is 6. The van der Waals surface area contributed by atoms with Gasteiger partial charge in [-0.1, -0.05) is 0 Å². The lowest BCUT2D eigenvalue weighted by Gasteiger charge is -2.07. The molecule has 1 heterocycles. The highest BCUT2D eigenvalue weighted by Gasteiger charge is 2.02. The third-order valence-corrected chi connectivity index (χ3v) is 2.82. The molecule has 0 aliphatic heterocycles. The van der Waals surface area contributed by atoms with Crippen LogP contribution in [0.3, 0.4) is 0 Å². The van der Waals surface area contributed by atoms with Crippen LogP contribution in [0.5, 0.6) is 11.5 Å². The Labute approximate surface area is 125 Å². The number of benzene rings is 1. The first-order valence-corrected chi connectivity index (χ1v) is 6.51. The minimum atomic E-state index is 0.421. The number of hydrazone groups is 1. The van der Waals surface area contributed by atoms with Gasteiger partial charge in [-0.2, -0.15) is 5.10 Å². The molecular formula is C13H13BrN4O2. The first-order valence-electron chi connectivity index (χ1n) is 5.71. The zero-order chi connectivity index (χ0) is 14.4. The zero-order valence-electron chi connectivity index (χ0n) is 11.0. The van der Waals surface area contributed by atoms with E-state index < -0.39 is 0 Å². The lowest BCUT2D eigenvalue weighted by Crippen LogP contribution is -1.96. The van der Waals surface area contributed by atoms with E-state index >= 15 is 0 Å². The van der Waals surface area contributed by atoms with E-state index in [9.17, 15) is 0 Å². The van der Waals surface area contributed by atoms with Crippen molar-refractivity contribution in [3.8, 4) is 11.5 Å². The SMILES string of the molecule is COc1ccc(C=NNc2ncc(Br)cn2)cc1OC. The normalized spacial score (nSPS) is 10.6. The van der Waals surface area contributed by atoms with Gasteiger partial charge in [0, 0.05) is 12.4 Å². The van der Waals surface area contributed by atoms with Gasteiger partial charge >= 0.3 is 0 Å². The van der Waals surface area contributed by atoms with E-state index in [2.05, 4.69) is 36.4 Å². The summed E-state index contributed by atoms with van der Waals surface area (Å²) in [7, 11) is 3.19. The average molecular weight is 337 g/mol. The molecule has 6 nitrogen and oxygen atoms in total. The maximum absolute atomic E-state index is 5.22. The van der Waals surface area contributed by atoms with Crippen molar-refractivity contribution in [3.63, 3.8) is 0 Å². The Kier molecular flexibility index (Phi) is 4.89. The smallest absolute Gasteiger partial charge is 0.243 e. The van der Waals surface area contributed by atoms with Crippen molar-refractivity contribution >= 4 is 28.1 Å². The second-order valence-corrected chi connectivity index (χ2v) is 4.62. The molecule has 1 N–H and O–H groups in total. The highest BCUT2D eigenvalue weighted by Crippen LogP contribution is 2.26. The standard InChI is InChI=1S/C13H13BrN4O2/c1-19-11-4-3-9(5-12(11)20-2)6-17-18-13-15-7-10(14)8-16-13/h3-8H,1-2H3,(H,15,16,18). The third-order valence-electron chi connectivity index (χ3n) is 2.41. The van der Waals surface area contributed by atoms with E-state index in [1.54, 1.807) is 32.8 Å². The van der Waals surface area contributed by atoms with Crippen LogP contribution in [0.2, 0.25) is 0 Å². The fourth-order valence-corrected chi connectivity index (χ4v) is 1.67. The molecule has 0 aliphatic carbocycles. The summed E-state index contributed by atoms with van der Waals surface area (Å²) in [5.74, 6) is 1.75. The monoisotopic (exact) mass is 336 g/mol. The van der Waals surface area contributed by atoms with E-state index in [1.165, 1.54) is 0 Å². The van der Waals surface area contributed by atoms with E-state index in [0.717, 1.165) is 10.0 Å². The maximum Gasteiger partial charge on any atom is 0.243 e. The van der Waals surface area contributed by atoms with E-state index in [-0.39, 0.29) is 0 Å². The van der Waals surface area contributed by atoms with Gasteiger partial charge in [0.25, 0.3) is 0 Å². The van der Waals surface area contributed by atoms with E-state index in [4.69, 9.17) is 9.47 Å². The number of aromatic nitrogens is 2. The molecule has 0 saturated heterocycles. The summed E-state index contributed by atoms with van der Waals surface area (Å²) < 4.78 is 11.2. The summed E-state index contributed by atoms with van der Waals surface area (Å²) >= 11 is 3.26. The Balaban J connectivity index is 2.05. The Morgan fingerprint density at radius 1 is 1.15 bits per heavy atom. The van der Waals surface area contributed by atoms with Crippen LogP contribution in [0.25, 0.3) is 0 Å². The van der Waals surface area contributed by atoms with E-state index in [0.29, 0.717) is 17.4 Å². The number of ether oxygens (including phenoxy) is 2. The molecule has 2 rings (SSSR count). The topological polar surface area (TPSA) is 68.6 Å². The molecule has 0 fully saturated rings. The van der Waals surface area contributed by atoms with Crippen LogP contribution in [-0.4, -0.2) is 30.4 Å². The second kappa shape index (κ2) is 6.85. The molecule has 0 unspecified atom stereocenters. The van der Waals surface area contributed by atoms with Crippen LogP contribution < -0.4 is 14.9 Å². The molecule has 0 bridgehead atoms. The molecule has 1 aromatic heterocycles. The van der Waals surface area contributed by atoms with Crippen LogP contribution in [0.15, 0.2) is 40.2 Å². The molecular weight excluding hydrogens is 324 g/mol. The molecule has 1 aromatic carbocycles. The summed E-state index contributed by atoms with van der Waals surface area (Å²) in [5, 5.41) is 4.06. The summed E-state index contributed by atoms with van der Waals surface area (Å²) in [6.45, 7) is 0. The van der Waals surface area contributed by atoms with Gasteiger partial charge in [-0.25, -0.2) is 15.4 Å². The van der Waals surface area contributed by atoms with Gasteiger partial charge in [-0.15, -0.1) is 0 Å². The molecule has 0 atom stereocenters. The van der Waals surface area contributed by atoms with Crippen molar-refractivity contribution in [1.82, 2.24) is 9.97 Å². The van der Waals surface area contributed by atoms with Gasteiger partial charge in [0.2, 0.25) is 5.95 Å². The lowest BCUT2D eigenvalue weighted by molar-refractivity contribution is 0.355. The van der Waals surface area contributed by atoms with Crippen LogP contribution in [0.1, 0.15) is 5.56 Å². The van der Waals surface area contributed by atoms with Crippen molar-refractivity contribution in [2.24, 2.45) is 5.10 Å².